The lowest BCUT2D eigenvalue weighted by molar-refractivity contribution is -0.153. The Morgan fingerprint density at radius 3 is 2.68 bits per heavy atom. The number of fused-ring (bicyclic) bond motifs is 1. The lowest BCUT2D eigenvalue weighted by Crippen LogP contribution is -2.21. The van der Waals surface area contributed by atoms with Crippen LogP contribution in [0.15, 0.2) is 35.7 Å². The average molecular weight is 376 g/mol. The molecular weight excluding hydrogens is 358 g/mol. The van der Waals surface area contributed by atoms with Gasteiger partial charge in [0.05, 0.1) is 11.6 Å². The Kier molecular flexibility index (Phi) is 5.08. The third-order valence-corrected chi connectivity index (χ3v) is 4.96. The van der Waals surface area contributed by atoms with Gasteiger partial charge in [-0.15, -0.1) is 11.3 Å². The number of rotatable bonds is 5. The van der Waals surface area contributed by atoms with Gasteiger partial charge in [0.2, 0.25) is 0 Å². The van der Waals surface area contributed by atoms with Gasteiger partial charge < -0.3 is 9.84 Å². The van der Waals surface area contributed by atoms with Gasteiger partial charge in [0.15, 0.2) is 6.10 Å². The van der Waals surface area contributed by atoms with E-state index in [2.05, 4.69) is 4.98 Å². The summed E-state index contributed by atoms with van der Waals surface area (Å²) in [7, 11) is 0. The van der Waals surface area contributed by atoms with Crippen LogP contribution in [0.4, 0.5) is 0 Å². The van der Waals surface area contributed by atoms with Crippen molar-refractivity contribution in [3.8, 4) is 10.4 Å². The first-order chi connectivity index (χ1) is 11.9. The Hall–Kier alpha value is -1.95. The number of aryl methyl sites for hydroxylation is 1. The van der Waals surface area contributed by atoms with Crippen molar-refractivity contribution in [2.75, 3.05) is 0 Å². The van der Waals surface area contributed by atoms with E-state index in [-0.39, 0.29) is 6.10 Å². The summed E-state index contributed by atoms with van der Waals surface area (Å²) in [4.78, 5) is 17.5. The highest BCUT2D eigenvalue weighted by atomic mass is 35.5. The Balaban J connectivity index is 2.39. The molecule has 2 aromatic heterocycles. The molecule has 6 heteroatoms. The van der Waals surface area contributed by atoms with Gasteiger partial charge in [-0.3, -0.25) is 4.98 Å². The summed E-state index contributed by atoms with van der Waals surface area (Å²) < 4.78 is 5.73. The van der Waals surface area contributed by atoms with Crippen LogP contribution in [-0.2, 0) is 9.53 Å². The van der Waals surface area contributed by atoms with Gasteiger partial charge in [-0.1, -0.05) is 17.7 Å². The van der Waals surface area contributed by atoms with E-state index >= 15 is 0 Å². The highest BCUT2D eigenvalue weighted by molar-refractivity contribution is 7.13. The number of aliphatic carboxylic acids is 1. The molecule has 0 bridgehead atoms. The third-order valence-electron chi connectivity index (χ3n) is 3.84. The first kappa shape index (κ1) is 17.9. The topological polar surface area (TPSA) is 59.4 Å². The smallest absolute Gasteiger partial charge is 0.337 e. The fourth-order valence-electron chi connectivity index (χ4n) is 2.90. The Labute approximate surface area is 155 Å². The minimum atomic E-state index is -1.09. The molecule has 0 aliphatic carbocycles. The second-order valence-electron chi connectivity index (χ2n) is 6.03. The van der Waals surface area contributed by atoms with Gasteiger partial charge in [-0.2, -0.15) is 0 Å². The predicted molar refractivity (Wildman–Crippen MR) is 101 cm³/mol. The maximum atomic E-state index is 11.9. The normalized spacial score (nSPS) is 12.7. The number of carboxylic acid groups (broad SMARTS) is 1. The number of benzene rings is 1. The van der Waals surface area contributed by atoms with Gasteiger partial charge in [0, 0.05) is 32.1 Å². The lowest BCUT2D eigenvalue weighted by Gasteiger charge is -2.22. The van der Waals surface area contributed by atoms with Gasteiger partial charge in [0.25, 0.3) is 0 Å². The maximum Gasteiger partial charge on any atom is 0.337 e. The molecule has 0 aliphatic heterocycles. The van der Waals surface area contributed by atoms with Crippen LogP contribution in [0.25, 0.3) is 21.3 Å². The van der Waals surface area contributed by atoms with E-state index in [1.807, 2.05) is 50.4 Å². The Bertz CT molecular complexity index is 922. The highest BCUT2D eigenvalue weighted by Crippen LogP contribution is 2.40. The maximum absolute atomic E-state index is 11.9. The molecular formula is C19H18ClNO3S. The molecule has 1 atom stereocenters. The van der Waals surface area contributed by atoms with Crippen LogP contribution in [0.5, 0.6) is 0 Å². The highest BCUT2D eigenvalue weighted by Gasteiger charge is 2.29. The molecule has 25 heavy (non-hydrogen) atoms. The first-order valence-electron chi connectivity index (χ1n) is 7.90. The summed E-state index contributed by atoms with van der Waals surface area (Å²) >= 11 is 7.75. The lowest BCUT2D eigenvalue weighted by atomic mass is 9.95. The zero-order chi connectivity index (χ0) is 18.1. The van der Waals surface area contributed by atoms with Gasteiger partial charge in [-0.05, 0) is 50.4 Å². The molecule has 0 aliphatic rings. The van der Waals surface area contributed by atoms with Crippen molar-refractivity contribution in [2.45, 2.75) is 33.0 Å². The molecule has 0 amide bonds. The van der Waals surface area contributed by atoms with Crippen LogP contribution in [0.1, 0.15) is 31.2 Å². The van der Waals surface area contributed by atoms with E-state index in [9.17, 15) is 9.90 Å². The fraction of sp³-hybridized carbons (Fsp3) is 0.263. The van der Waals surface area contributed by atoms with E-state index in [1.54, 1.807) is 17.4 Å². The molecule has 130 valence electrons. The largest absolute Gasteiger partial charge is 0.479 e. The van der Waals surface area contributed by atoms with Gasteiger partial charge in [0.1, 0.15) is 0 Å². The van der Waals surface area contributed by atoms with Crippen molar-refractivity contribution in [3.63, 3.8) is 0 Å². The van der Waals surface area contributed by atoms with Crippen LogP contribution >= 0.6 is 22.9 Å². The van der Waals surface area contributed by atoms with Crippen molar-refractivity contribution >= 4 is 39.8 Å². The zero-order valence-corrected chi connectivity index (χ0v) is 15.7. The number of pyridine rings is 1. The van der Waals surface area contributed by atoms with Crippen LogP contribution in [0.3, 0.4) is 0 Å². The monoisotopic (exact) mass is 375 g/mol. The number of hydrogen-bond donors (Lipinski definition) is 1. The van der Waals surface area contributed by atoms with E-state index < -0.39 is 12.1 Å². The molecule has 3 aromatic rings. The second kappa shape index (κ2) is 7.12. The molecule has 0 saturated heterocycles. The summed E-state index contributed by atoms with van der Waals surface area (Å²) in [5.74, 6) is -1.03. The first-order valence-corrected chi connectivity index (χ1v) is 9.16. The number of halogens is 1. The Morgan fingerprint density at radius 1 is 1.32 bits per heavy atom. The van der Waals surface area contributed by atoms with Crippen LogP contribution in [-0.4, -0.2) is 22.2 Å². The average Bonchev–Trinajstić information content (AvgIpc) is 3.06. The van der Waals surface area contributed by atoms with Crippen molar-refractivity contribution in [1.29, 1.82) is 0 Å². The standard InChI is InChI=1S/C19H18ClNO3S/c1-10(2)24-18(19(22)23)16-11(3)21-14-7-6-12(20)9-13(14)17(16)15-5-4-8-25-15/h4-10,18H,1-3H3,(H,22,23). The van der Waals surface area contributed by atoms with Crippen molar-refractivity contribution in [3.05, 3.63) is 52.0 Å². The van der Waals surface area contributed by atoms with Crippen molar-refractivity contribution in [1.82, 2.24) is 4.98 Å². The molecule has 1 aromatic carbocycles. The molecule has 0 spiro atoms. The molecule has 0 radical (unpaired) electrons. The summed E-state index contributed by atoms with van der Waals surface area (Å²) in [6, 6.07) is 9.38. The molecule has 4 nitrogen and oxygen atoms in total. The molecule has 1 unspecified atom stereocenters. The molecule has 1 N–H and O–H groups in total. The number of ether oxygens (including phenoxy) is 1. The SMILES string of the molecule is Cc1nc2ccc(Cl)cc2c(-c2cccs2)c1C(OC(C)C)C(=O)O. The van der Waals surface area contributed by atoms with Crippen molar-refractivity contribution < 1.29 is 14.6 Å². The number of aromatic nitrogens is 1. The second-order valence-corrected chi connectivity index (χ2v) is 7.41. The van der Waals surface area contributed by atoms with E-state index in [1.165, 1.54) is 0 Å². The van der Waals surface area contributed by atoms with Crippen LogP contribution < -0.4 is 0 Å². The fourth-order valence-corrected chi connectivity index (χ4v) is 3.87. The number of carbonyl (C=O) groups is 1. The molecule has 2 heterocycles. The zero-order valence-electron chi connectivity index (χ0n) is 14.1. The van der Waals surface area contributed by atoms with Gasteiger partial charge in [-0.25, -0.2) is 4.79 Å². The third kappa shape index (κ3) is 3.54. The van der Waals surface area contributed by atoms with E-state index in [4.69, 9.17) is 16.3 Å². The van der Waals surface area contributed by atoms with Crippen LogP contribution in [0, 0.1) is 6.92 Å². The summed E-state index contributed by atoms with van der Waals surface area (Å²) in [6.07, 6.45) is -1.32. The van der Waals surface area contributed by atoms with E-state index in [0.29, 0.717) is 16.3 Å². The number of carboxylic acids is 1. The van der Waals surface area contributed by atoms with Gasteiger partial charge >= 0.3 is 5.97 Å². The number of nitrogens with zero attached hydrogens (tertiary/aromatic N) is 1. The number of hydrogen-bond acceptors (Lipinski definition) is 4. The van der Waals surface area contributed by atoms with E-state index in [0.717, 1.165) is 21.3 Å². The quantitative estimate of drug-likeness (QED) is 0.641. The minimum absolute atomic E-state index is 0.230. The summed E-state index contributed by atoms with van der Waals surface area (Å²) in [5.41, 5.74) is 2.83. The predicted octanol–water partition coefficient (Wildman–Crippen LogP) is 5.48. The Morgan fingerprint density at radius 2 is 2.08 bits per heavy atom. The number of thiophene rings is 1. The van der Waals surface area contributed by atoms with Crippen LogP contribution in [0.2, 0.25) is 5.02 Å². The summed E-state index contributed by atoms with van der Waals surface area (Å²) in [5, 5.41) is 13.1. The molecule has 0 fully saturated rings. The summed E-state index contributed by atoms with van der Waals surface area (Å²) in [6.45, 7) is 5.46. The van der Waals surface area contributed by atoms with Crippen molar-refractivity contribution in [2.24, 2.45) is 0 Å². The molecule has 0 saturated carbocycles. The molecule has 3 rings (SSSR count). The minimum Gasteiger partial charge on any atom is -0.479 e.